The zero-order valence-corrected chi connectivity index (χ0v) is 11.5. The van der Waals surface area contributed by atoms with Crippen molar-refractivity contribution in [3.05, 3.63) is 65.2 Å². The van der Waals surface area contributed by atoms with E-state index in [-0.39, 0.29) is 11.8 Å². The molecule has 1 aromatic heterocycles. The Morgan fingerprint density at radius 1 is 1.30 bits per heavy atom. The average molecular weight is 273 g/mol. The summed E-state index contributed by atoms with van der Waals surface area (Å²) < 4.78 is 18.3. The molecule has 0 spiro atoms. The quantitative estimate of drug-likeness (QED) is 0.802. The molecule has 0 aliphatic heterocycles. The topological polar surface area (TPSA) is 39.2 Å². The summed E-state index contributed by atoms with van der Waals surface area (Å²) in [6, 6.07) is 9.83. The van der Waals surface area contributed by atoms with Gasteiger partial charge in [-0.3, -0.25) is 9.78 Å². The predicted octanol–water partition coefficient (Wildman–Crippen LogP) is 3.38. The number of halogens is 1. The molecule has 2 rings (SSSR count). The van der Waals surface area contributed by atoms with Crippen LogP contribution in [0.4, 0.5) is 4.39 Å². The monoisotopic (exact) mass is 273 g/mol. The van der Waals surface area contributed by atoms with Crippen LogP contribution in [0.2, 0.25) is 0 Å². The lowest BCUT2D eigenvalue weighted by Crippen LogP contribution is -2.11. The zero-order valence-electron chi connectivity index (χ0n) is 11.5. The van der Waals surface area contributed by atoms with E-state index in [0.717, 1.165) is 16.8 Å². The molecule has 104 valence electrons. The molecule has 1 atom stereocenters. The minimum atomic E-state index is -0.421. The number of hydrogen-bond donors (Lipinski definition) is 0. The van der Waals surface area contributed by atoms with E-state index in [0.29, 0.717) is 6.42 Å². The second kappa shape index (κ2) is 6.28. The molecule has 20 heavy (non-hydrogen) atoms. The Morgan fingerprint density at radius 2 is 2.00 bits per heavy atom. The Morgan fingerprint density at radius 3 is 2.60 bits per heavy atom. The maximum absolute atomic E-state index is 13.0. The van der Waals surface area contributed by atoms with Gasteiger partial charge in [-0.15, -0.1) is 0 Å². The largest absolute Gasteiger partial charge is 0.457 e. The highest BCUT2D eigenvalue weighted by atomic mass is 19.1. The predicted molar refractivity (Wildman–Crippen MR) is 73.6 cm³/mol. The molecule has 1 unspecified atom stereocenters. The molecular weight excluding hydrogens is 257 g/mol. The van der Waals surface area contributed by atoms with Gasteiger partial charge in [0.15, 0.2) is 0 Å². The van der Waals surface area contributed by atoms with Gasteiger partial charge in [0.25, 0.3) is 0 Å². The standard InChI is InChI=1S/C16H16FNO2/c1-11-9-13(7-8-18-11)10-16(20-12(2)19)14-3-5-15(17)6-4-14/h3-9,16H,10H2,1-2H3. The van der Waals surface area contributed by atoms with Gasteiger partial charge < -0.3 is 4.74 Å². The van der Waals surface area contributed by atoms with Crippen molar-refractivity contribution in [2.45, 2.75) is 26.4 Å². The normalized spacial score (nSPS) is 11.9. The fourth-order valence-electron chi connectivity index (χ4n) is 2.05. The lowest BCUT2D eigenvalue weighted by atomic mass is 10.0. The van der Waals surface area contributed by atoms with Crippen molar-refractivity contribution in [3.8, 4) is 0 Å². The molecule has 0 N–H and O–H groups in total. The molecule has 3 nitrogen and oxygen atoms in total. The minimum absolute atomic E-state index is 0.310. The van der Waals surface area contributed by atoms with Crippen LogP contribution >= 0.6 is 0 Å². The molecule has 4 heteroatoms. The molecule has 0 aliphatic carbocycles. The highest BCUT2D eigenvalue weighted by Crippen LogP contribution is 2.23. The first kappa shape index (κ1) is 14.2. The number of carbonyl (C=O) groups excluding carboxylic acids is 1. The van der Waals surface area contributed by atoms with Gasteiger partial charge in [-0.2, -0.15) is 0 Å². The Labute approximate surface area is 117 Å². The van der Waals surface area contributed by atoms with Crippen molar-refractivity contribution < 1.29 is 13.9 Å². The summed E-state index contributed by atoms with van der Waals surface area (Å²) in [5, 5.41) is 0. The van der Waals surface area contributed by atoms with Gasteiger partial charge in [0.1, 0.15) is 11.9 Å². The van der Waals surface area contributed by atoms with Crippen molar-refractivity contribution in [1.29, 1.82) is 0 Å². The molecule has 0 aliphatic rings. The van der Waals surface area contributed by atoms with E-state index in [9.17, 15) is 9.18 Å². The fourth-order valence-corrected chi connectivity index (χ4v) is 2.05. The molecule has 0 bridgehead atoms. The number of esters is 1. The second-order valence-electron chi connectivity index (χ2n) is 4.66. The lowest BCUT2D eigenvalue weighted by Gasteiger charge is -2.17. The number of rotatable bonds is 4. The maximum atomic E-state index is 13.0. The van der Waals surface area contributed by atoms with Crippen LogP contribution in [0.3, 0.4) is 0 Å². The van der Waals surface area contributed by atoms with Gasteiger partial charge in [-0.1, -0.05) is 12.1 Å². The molecular formula is C16H16FNO2. The van der Waals surface area contributed by atoms with Crippen LogP contribution in [0.25, 0.3) is 0 Å². The third-order valence-corrected chi connectivity index (χ3v) is 2.93. The Balaban J connectivity index is 2.23. The first-order valence-electron chi connectivity index (χ1n) is 6.39. The van der Waals surface area contributed by atoms with E-state index in [4.69, 9.17) is 4.74 Å². The number of ether oxygens (including phenoxy) is 1. The van der Waals surface area contributed by atoms with Crippen molar-refractivity contribution in [1.82, 2.24) is 4.98 Å². The summed E-state index contributed by atoms with van der Waals surface area (Å²) in [5.74, 6) is -0.666. The summed E-state index contributed by atoms with van der Waals surface area (Å²) >= 11 is 0. The fraction of sp³-hybridized carbons (Fsp3) is 0.250. The van der Waals surface area contributed by atoms with Crippen LogP contribution in [0.15, 0.2) is 42.6 Å². The smallest absolute Gasteiger partial charge is 0.303 e. The third-order valence-electron chi connectivity index (χ3n) is 2.93. The van der Waals surface area contributed by atoms with Crippen molar-refractivity contribution in [2.75, 3.05) is 0 Å². The van der Waals surface area contributed by atoms with Gasteiger partial charge in [0, 0.05) is 25.2 Å². The minimum Gasteiger partial charge on any atom is -0.457 e. The molecule has 0 saturated heterocycles. The summed E-state index contributed by atoms with van der Waals surface area (Å²) in [6.45, 7) is 3.27. The van der Waals surface area contributed by atoms with E-state index >= 15 is 0 Å². The van der Waals surface area contributed by atoms with Crippen LogP contribution < -0.4 is 0 Å². The number of carbonyl (C=O) groups is 1. The van der Waals surface area contributed by atoms with Gasteiger partial charge in [-0.25, -0.2) is 4.39 Å². The van der Waals surface area contributed by atoms with Crippen molar-refractivity contribution >= 4 is 5.97 Å². The first-order chi connectivity index (χ1) is 9.54. The maximum Gasteiger partial charge on any atom is 0.303 e. The number of pyridine rings is 1. The van der Waals surface area contributed by atoms with Crippen LogP contribution in [-0.2, 0) is 16.0 Å². The van der Waals surface area contributed by atoms with Crippen LogP contribution in [0, 0.1) is 12.7 Å². The van der Waals surface area contributed by atoms with E-state index in [2.05, 4.69) is 4.98 Å². The lowest BCUT2D eigenvalue weighted by molar-refractivity contribution is -0.146. The highest BCUT2D eigenvalue weighted by molar-refractivity contribution is 5.66. The zero-order chi connectivity index (χ0) is 14.5. The van der Waals surface area contributed by atoms with E-state index in [1.807, 2.05) is 19.1 Å². The number of nitrogens with zero attached hydrogens (tertiary/aromatic N) is 1. The van der Waals surface area contributed by atoms with Gasteiger partial charge >= 0.3 is 5.97 Å². The van der Waals surface area contributed by atoms with Crippen molar-refractivity contribution in [2.24, 2.45) is 0 Å². The van der Waals surface area contributed by atoms with Crippen LogP contribution in [0.5, 0.6) is 0 Å². The van der Waals surface area contributed by atoms with E-state index in [1.165, 1.54) is 19.1 Å². The first-order valence-corrected chi connectivity index (χ1v) is 6.39. The molecule has 1 aromatic carbocycles. The molecule has 1 heterocycles. The second-order valence-corrected chi connectivity index (χ2v) is 4.66. The number of aromatic nitrogens is 1. The number of aryl methyl sites for hydroxylation is 1. The van der Waals surface area contributed by atoms with E-state index < -0.39 is 6.10 Å². The molecule has 0 fully saturated rings. The van der Waals surface area contributed by atoms with E-state index in [1.54, 1.807) is 18.3 Å². The van der Waals surface area contributed by atoms with Gasteiger partial charge in [0.05, 0.1) is 0 Å². The Kier molecular flexibility index (Phi) is 4.45. The SMILES string of the molecule is CC(=O)OC(Cc1ccnc(C)c1)c1ccc(F)cc1. The Hall–Kier alpha value is -2.23. The number of benzene rings is 1. The third kappa shape index (κ3) is 3.88. The summed E-state index contributed by atoms with van der Waals surface area (Å²) in [6.07, 6.45) is 1.84. The number of hydrogen-bond acceptors (Lipinski definition) is 3. The summed E-state index contributed by atoms with van der Waals surface area (Å²) in [4.78, 5) is 15.4. The van der Waals surface area contributed by atoms with Gasteiger partial charge in [-0.05, 0) is 42.3 Å². The Bertz CT molecular complexity index is 596. The molecule has 0 radical (unpaired) electrons. The summed E-state index contributed by atoms with van der Waals surface area (Å²) in [7, 11) is 0. The molecule has 0 amide bonds. The highest BCUT2D eigenvalue weighted by Gasteiger charge is 2.16. The summed E-state index contributed by atoms with van der Waals surface area (Å²) in [5.41, 5.74) is 2.70. The average Bonchev–Trinajstić information content (AvgIpc) is 2.38. The van der Waals surface area contributed by atoms with Crippen LogP contribution in [-0.4, -0.2) is 11.0 Å². The van der Waals surface area contributed by atoms with Crippen molar-refractivity contribution in [3.63, 3.8) is 0 Å². The molecule has 0 saturated carbocycles. The van der Waals surface area contributed by atoms with Crippen LogP contribution in [0.1, 0.15) is 29.8 Å². The van der Waals surface area contributed by atoms with Gasteiger partial charge in [0.2, 0.25) is 0 Å². The molecule has 2 aromatic rings.